The van der Waals surface area contributed by atoms with Gasteiger partial charge in [0.05, 0.1) is 69.7 Å². The molecule has 1 aliphatic heterocycles. The number of benzene rings is 4. The van der Waals surface area contributed by atoms with Crippen LogP contribution in [0.25, 0.3) is 10.9 Å². The molecule has 0 saturated carbocycles. The SMILES string of the molecule is COC(=O)c1ccc(OC)c(NCC#Cc2cc3c(NC4CCN(C)CC4CCOCCOCCO[Si](c4ccccc4)(c4ccccc4)C(C)(C)C)cccc3n2CC(F)(F)F)c1. The van der Waals surface area contributed by atoms with E-state index in [1.54, 1.807) is 36.4 Å². The van der Waals surface area contributed by atoms with Gasteiger partial charge in [0.15, 0.2) is 0 Å². The Bertz CT molecular complexity index is 2300. The van der Waals surface area contributed by atoms with E-state index in [1.807, 2.05) is 18.2 Å². The predicted octanol–water partition coefficient (Wildman–Crippen LogP) is 8.19. The lowest BCUT2D eigenvalue weighted by molar-refractivity contribution is -0.140. The van der Waals surface area contributed by atoms with Gasteiger partial charge in [0.1, 0.15) is 12.3 Å². The molecule has 342 valence electrons. The van der Waals surface area contributed by atoms with Crippen LogP contribution in [0, 0.1) is 17.8 Å². The number of nitrogens with one attached hydrogen (secondary N) is 2. The summed E-state index contributed by atoms with van der Waals surface area (Å²) in [4.78, 5) is 14.4. The maximum atomic E-state index is 14.0. The number of ether oxygens (including phenoxy) is 4. The number of halogens is 3. The van der Waals surface area contributed by atoms with E-state index in [9.17, 15) is 18.0 Å². The Labute approximate surface area is 376 Å². The summed E-state index contributed by atoms with van der Waals surface area (Å²) in [6.07, 6.45) is -2.79. The normalized spacial score (nSPS) is 16.0. The van der Waals surface area contributed by atoms with Crippen molar-refractivity contribution in [2.45, 2.75) is 57.4 Å². The fraction of sp³-hybridized carbons (Fsp3) is 0.420. The lowest BCUT2D eigenvalue weighted by Gasteiger charge is -2.43. The monoisotopic (exact) mass is 898 g/mol. The van der Waals surface area contributed by atoms with E-state index in [0.717, 1.165) is 31.6 Å². The zero-order valence-electron chi connectivity index (χ0n) is 37.7. The van der Waals surface area contributed by atoms with Crippen LogP contribution in [0.2, 0.25) is 5.04 Å². The molecule has 0 bridgehead atoms. The van der Waals surface area contributed by atoms with Gasteiger partial charge >= 0.3 is 12.1 Å². The van der Waals surface area contributed by atoms with Crippen LogP contribution in [0.15, 0.2) is 103 Å². The molecule has 1 aromatic heterocycles. The van der Waals surface area contributed by atoms with Gasteiger partial charge in [-0.05, 0) is 90.1 Å². The zero-order chi connectivity index (χ0) is 45.7. The first-order chi connectivity index (χ1) is 30.7. The molecule has 2 atom stereocenters. The molecule has 1 fully saturated rings. The van der Waals surface area contributed by atoms with Crippen molar-refractivity contribution in [1.82, 2.24) is 9.47 Å². The van der Waals surface area contributed by atoms with Crippen LogP contribution in [-0.2, 0) is 25.2 Å². The molecule has 2 heterocycles. The van der Waals surface area contributed by atoms with E-state index in [4.69, 9.17) is 23.4 Å². The summed E-state index contributed by atoms with van der Waals surface area (Å²) in [5.41, 5.74) is 2.26. The van der Waals surface area contributed by atoms with Crippen LogP contribution < -0.4 is 25.7 Å². The van der Waals surface area contributed by atoms with E-state index >= 15 is 0 Å². The molecule has 1 aliphatic rings. The van der Waals surface area contributed by atoms with Gasteiger partial charge < -0.3 is 43.5 Å². The molecule has 2 unspecified atom stereocenters. The molecule has 0 radical (unpaired) electrons. The first-order valence-corrected chi connectivity index (χ1v) is 23.7. The molecule has 64 heavy (non-hydrogen) atoms. The minimum Gasteiger partial charge on any atom is -0.495 e. The number of piperidine rings is 1. The number of aromatic nitrogens is 1. The molecule has 10 nitrogen and oxygen atoms in total. The Morgan fingerprint density at radius 3 is 2.14 bits per heavy atom. The van der Waals surface area contributed by atoms with Gasteiger partial charge in [-0.25, -0.2) is 4.79 Å². The number of anilines is 2. The Balaban J connectivity index is 1.05. The van der Waals surface area contributed by atoms with Crippen LogP contribution in [0.1, 0.15) is 49.7 Å². The highest BCUT2D eigenvalue weighted by Crippen LogP contribution is 2.37. The molecular formula is C50H61F3N4O6Si. The van der Waals surface area contributed by atoms with E-state index in [1.165, 1.54) is 29.2 Å². The highest BCUT2D eigenvalue weighted by Gasteiger charge is 2.50. The smallest absolute Gasteiger partial charge is 0.406 e. The van der Waals surface area contributed by atoms with Crippen LogP contribution in [0.3, 0.4) is 0 Å². The second kappa shape index (κ2) is 22.1. The summed E-state index contributed by atoms with van der Waals surface area (Å²) < 4.78 is 72.5. The lowest BCUT2D eigenvalue weighted by atomic mass is 9.89. The van der Waals surface area contributed by atoms with E-state index < -0.39 is 27.0 Å². The summed E-state index contributed by atoms with van der Waals surface area (Å²) in [5.74, 6) is 6.13. The highest BCUT2D eigenvalue weighted by molar-refractivity contribution is 6.99. The fourth-order valence-corrected chi connectivity index (χ4v) is 13.2. The first-order valence-electron chi connectivity index (χ1n) is 21.8. The minimum absolute atomic E-state index is 0.0840. The van der Waals surface area contributed by atoms with Crippen molar-refractivity contribution >= 4 is 46.9 Å². The van der Waals surface area contributed by atoms with E-state index in [-0.39, 0.29) is 29.2 Å². The molecule has 0 aliphatic carbocycles. The second-order valence-electron chi connectivity index (χ2n) is 17.1. The summed E-state index contributed by atoms with van der Waals surface area (Å²) >= 11 is 0. The van der Waals surface area contributed by atoms with Crippen molar-refractivity contribution < 1.29 is 41.3 Å². The summed E-state index contributed by atoms with van der Waals surface area (Å²) in [6, 6.07) is 33.1. The van der Waals surface area contributed by atoms with Crippen molar-refractivity contribution in [3.8, 4) is 17.6 Å². The summed E-state index contributed by atoms with van der Waals surface area (Å²) in [6.45, 7) is 9.82. The standard InChI is InChI=1S/C50H61F3N4O6Si/c1-49(2,3)64(40-16-9-7-10-17-40,41-18-11-8-12-19-41)63-32-31-62-30-29-61-28-25-38-35-56(4)27-24-43(38)55-44-20-13-21-46-42(44)34-39(57(46)36-50(51,52)53)15-14-26-54-45-33-37(48(58)60-6)22-23-47(45)59-5/h7-13,16-23,33-34,38,43,54-55H,24-32,35-36H2,1-6H3. The number of fused-ring (bicyclic) bond motifs is 1. The van der Waals surface area contributed by atoms with Crippen LogP contribution >= 0.6 is 0 Å². The largest absolute Gasteiger partial charge is 0.495 e. The van der Waals surface area contributed by atoms with Gasteiger partial charge in [-0.1, -0.05) is 93.4 Å². The quantitative estimate of drug-likeness (QED) is 0.0369. The number of likely N-dealkylation sites (tertiary alicyclic amines) is 1. The molecule has 4 aromatic carbocycles. The topological polar surface area (TPSA) is 95.5 Å². The summed E-state index contributed by atoms with van der Waals surface area (Å²) in [5, 5.41) is 9.85. The number of methoxy groups -OCH3 is 2. The molecule has 5 aromatic rings. The third-order valence-electron chi connectivity index (χ3n) is 11.7. The van der Waals surface area contributed by atoms with Crippen molar-refractivity contribution in [2.24, 2.45) is 5.92 Å². The Morgan fingerprint density at radius 1 is 0.828 bits per heavy atom. The maximum absolute atomic E-state index is 14.0. The minimum atomic E-state index is -4.46. The molecular weight excluding hydrogens is 838 g/mol. The third kappa shape index (κ3) is 12.1. The number of carbonyl (C=O) groups is 1. The second-order valence-corrected chi connectivity index (χ2v) is 21.4. The molecule has 0 amide bonds. The van der Waals surface area contributed by atoms with Crippen LogP contribution in [-0.4, -0.2) is 110 Å². The van der Waals surface area contributed by atoms with E-state index in [2.05, 4.69) is 104 Å². The molecule has 14 heteroatoms. The number of nitrogens with zero attached hydrogens (tertiary/aromatic N) is 2. The van der Waals surface area contributed by atoms with Gasteiger partial charge in [-0.15, -0.1) is 0 Å². The average Bonchev–Trinajstić information content (AvgIpc) is 3.62. The number of esters is 1. The van der Waals surface area contributed by atoms with Crippen molar-refractivity contribution in [1.29, 1.82) is 0 Å². The molecule has 6 rings (SSSR count). The number of rotatable bonds is 19. The number of hydrogen-bond donors (Lipinski definition) is 2. The predicted molar refractivity (Wildman–Crippen MR) is 251 cm³/mol. The third-order valence-corrected chi connectivity index (χ3v) is 16.8. The number of alkyl halides is 3. The summed E-state index contributed by atoms with van der Waals surface area (Å²) in [7, 11) is 2.27. The van der Waals surface area contributed by atoms with Gasteiger partial charge in [-0.2, -0.15) is 13.2 Å². The van der Waals surface area contributed by atoms with Gasteiger partial charge in [-0.3, -0.25) is 0 Å². The molecule has 0 spiro atoms. The number of hydrogen-bond acceptors (Lipinski definition) is 9. The Morgan fingerprint density at radius 2 is 1.50 bits per heavy atom. The molecule has 1 saturated heterocycles. The highest BCUT2D eigenvalue weighted by atomic mass is 28.4. The van der Waals surface area contributed by atoms with Gasteiger partial charge in [0, 0.05) is 30.3 Å². The fourth-order valence-electron chi connectivity index (χ4n) is 8.70. The van der Waals surface area contributed by atoms with Crippen LogP contribution in [0.5, 0.6) is 5.75 Å². The Hall–Kier alpha value is -5.30. The van der Waals surface area contributed by atoms with Gasteiger partial charge in [0.25, 0.3) is 8.32 Å². The average molecular weight is 899 g/mol. The van der Waals surface area contributed by atoms with Gasteiger partial charge in [0.2, 0.25) is 0 Å². The van der Waals surface area contributed by atoms with Crippen molar-refractivity contribution in [3.63, 3.8) is 0 Å². The lowest BCUT2D eigenvalue weighted by Crippen LogP contribution is -2.66. The molecule has 2 N–H and O–H groups in total. The maximum Gasteiger partial charge on any atom is 0.406 e. The first kappa shape index (κ1) is 48.2. The zero-order valence-corrected chi connectivity index (χ0v) is 38.7. The number of carbonyl (C=O) groups excluding carboxylic acids is 1. The Kier molecular flexibility index (Phi) is 16.6. The van der Waals surface area contributed by atoms with Crippen molar-refractivity contribution in [2.75, 3.05) is 84.6 Å². The van der Waals surface area contributed by atoms with Crippen LogP contribution in [0.4, 0.5) is 24.5 Å². The van der Waals surface area contributed by atoms with Crippen molar-refractivity contribution in [3.05, 3.63) is 114 Å². The van der Waals surface area contributed by atoms with E-state index in [0.29, 0.717) is 60.9 Å².